The Morgan fingerprint density at radius 3 is 2.78 bits per heavy atom. The number of hydrogen-bond acceptors (Lipinski definition) is 6. The molecule has 2 aromatic heterocycles. The zero-order valence-corrected chi connectivity index (χ0v) is 16.2. The number of carbonyl (C=O) groups is 1. The second-order valence-corrected chi connectivity index (χ2v) is 6.92. The van der Waals surface area contributed by atoms with Gasteiger partial charge < -0.3 is 4.74 Å². The molecule has 0 fully saturated rings. The molecule has 7 nitrogen and oxygen atoms in total. The molecule has 140 valence electrons. The number of thiazole rings is 1. The summed E-state index contributed by atoms with van der Waals surface area (Å²) in [5.41, 5.74) is 4.08. The Labute approximate surface area is 160 Å². The third-order valence-corrected chi connectivity index (χ3v) is 4.89. The van der Waals surface area contributed by atoms with Crippen molar-refractivity contribution in [3.8, 4) is 11.3 Å². The van der Waals surface area contributed by atoms with E-state index < -0.39 is 5.91 Å². The third-order valence-electron chi connectivity index (χ3n) is 4.13. The molecule has 0 spiro atoms. The van der Waals surface area contributed by atoms with Gasteiger partial charge in [-0.15, -0.1) is 11.3 Å². The van der Waals surface area contributed by atoms with Gasteiger partial charge in [0.2, 0.25) is 0 Å². The van der Waals surface area contributed by atoms with E-state index in [0.717, 1.165) is 11.3 Å². The SMILES string of the molecule is COCCn1nc(C(=O)Nc2nc(-c3ccc(C)c(C)c3)cs2)ccc1=O. The number of amides is 1. The first-order valence-electron chi connectivity index (χ1n) is 8.39. The van der Waals surface area contributed by atoms with Crippen molar-refractivity contribution in [1.82, 2.24) is 14.8 Å². The average molecular weight is 384 g/mol. The van der Waals surface area contributed by atoms with Gasteiger partial charge in [0, 0.05) is 24.1 Å². The van der Waals surface area contributed by atoms with Crippen LogP contribution in [0.5, 0.6) is 0 Å². The fourth-order valence-corrected chi connectivity index (χ4v) is 3.15. The van der Waals surface area contributed by atoms with E-state index in [1.807, 2.05) is 11.4 Å². The Morgan fingerprint density at radius 1 is 1.22 bits per heavy atom. The summed E-state index contributed by atoms with van der Waals surface area (Å²) in [4.78, 5) is 28.7. The maximum atomic E-state index is 12.4. The maximum Gasteiger partial charge on any atom is 0.277 e. The van der Waals surface area contributed by atoms with Gasteiger partial charge >= 0.3 is 0 Å². The second kappa shape index (κ2) is 8.24. The van der Waals surface area contributed by atoms with Gasteiger partial charge in [0.25, 0.3) is 11.5 Å². The van der Waals surface area contributed by atoms with Gasteiger partial charge in [-0.1, -0.05) is 12.1 Å². The number of benzene rings is 1. The Hall–Kier alpha value is -2.84. The van der Waals surface area contributed by atoms with E-state index in [9.17, 15) is 9.59 Å². The van der Waals surface area contributed by atoms with Crippen molar-refractivity contribution < 1.29 is 9.53 Å². The highest BCUT2D eigenvalue weighted by Gasteiger charge is 2.13. The zero-order chi connectivity index (χ0) is 19.4. The normalized spacial score (nSPS) is 10.8. The standard InChI is InChI=1S/C19H20N4O3S/c1-12-4-5-14(10-13(12)2)16-11-27-19(20-16)21-18(25)15-6-7-17(24)23(22-15)8-9-26-3/h4-7,10-11H,8-9H2,1-3H3,(H,20,21,25). The van der Waals surface area contributed by atoms with Crippen LogP contribution in [0.15, 0.2) is 40.5 Å². The molecule has 3 rings (SSSR count). The molecule has 0 unspecified atom stereocenters. The van der Waals surface area contributed by atoms with Gasteiger partial charge in [0.15, 0.2) is 5.13 Å². The topological polar surface area (TPSA) is 86.1 Å². The quantitative estimate of drug-likeness (QED) is 0.706. The predicted molar refractivity (Wildman–Crippen MR) is 105 cm³/mol. The second-order valence-electron chi connectivity index (χ2n) is 6.06. The fourth-order valence-electron chi connectivity index (χ4n) is 2.43. The largest absolute Gasteiger partial charge is 0.383 e. The first-order valence-corrected chi connectivity index (χ1v) is 9.27. The molecule has 0 bridgehead atoms. The average Bonchev–Trinajstić information content (AvgIpc) is 3.11. The minimum atomic E-state index is -0.415. The molecule has 0 aliphatic carbocycles. The number of rotatable bonds is 6. The lowest BCUT2D eigenvalue weighted by Crippen LogP contribution is -2.27. The molecule has 0 saturated carbocycles. The van der Waals surface area contributed by atoms with Gasteiger partial charge in [-0.2, -0.15) is 5.10 Å². The van der Waals surface area contributed by atoms with Crippen LogP contribution in [0, 0.1) is 13.8 Å². The number of carbonyl (C=O) groups excluding carboxylic acids is 1. The molecule has 0 saturated heterocycles. The van der Waals surface area contributed by atoms with Crippen LogP contribution in [0.3, 0.4) is 0 Å². The summed E-state index contributed by atoms with van der Waals surface area (Å²) in [5, 5.41) is 9.19. The van der Waals surface area contributed by atoms with E-state index in [-0.39, 0.29) is 17.8 Å². The Bertz CT molecular complexity index is 1030. The van der Waals surface area contributed by atoms with E-state index in [2.05, 4.69) is 41.4 Å². The Morgan fingerprint density at radius 2 is 2.04 bits per heavy atom. The molecule has 3 aromatic rings. The van der Waals surface area contributed by atoms with Gasteiger partial charge in [-0.3, -0.25) is 14.9 Å². The van der Waals surface area contributed by atoms with Crippen LogP contribution in [-0.4, -0.2) is 34.4 Å². The van der Waals surface area contributed by atoms with E-state index >= 15 is 0 Å². The molecule has 1 aromatic carbocycles. The summed E-state index contributed by atoms with van der Waals surface area (Å²) in [6, 6.07) is 8.85. The van der Waals surface area contributed by atoms with Crippen molar-refractivity contribution in [1.29, 1.82) is 0 Å². The highest BCUT2D eigenvalue weighted by Crippen LogP contribution is 2.26. The molecule has 1 amide bonds. The Kier molecular flexibility index (Phi) is 5.78. The van der Waals surface area contributed by atoms with Crippen LogP contribution in [0.2, 0.25) is 0 Å². The third kappa shape index (κ3) is 4.47. The lowest BCUT2D eigenvalue weighted by Gasteiger charge is -2.06. The van der Waals surface area contributed by atoms with E-state index in [4.69, 9.17) is 4.74 Å². The minimum absolute atomic E-state index is 0.147. The molecule has 1 N–H and O–H groups in total. The first kappa shape index (κ1) is 18.9. The lowest BCUT2D eigenvalue weighted by molar-refractivity contribution is 0.101. The van der Waals surface area contributed by atoms with E-state index in [1.54, 1.807) is 0 Å². The number of aromatic nitrogens is 3. The van der Waals surface area contributed by atoms with Crippen molar-refractivity contribution in [3.05, 3.63) is 62.9 Å². The van der Waals surface area contributed by atoms with Crippen LogP contribution >= 0.6 is 11.3 Å². The molecule has 0 aliphatic rings. The number of nitrogens with one attached hydrogen (secondary N) is 1. The summed E-state index contributed by atoms with van der Waals surface area (Å²) >= 11 is 1.34. The van der Waals surface area contributed by atoms with Crippen molar-refractivity contribution in [2.24, 2.45) is 0 Å². The summed E-state index contributed by atoms with van der Waals surface area (Å²) in [6.45, 7) is 4.73. The molecule has 2 heterocycles. The van der Waals surface area contributed by atoms with Gasteiger partial charge in [0.05, 0.1) is 18.8 Å². The highest BCUT2D eigenvalue weighted by molar-refractivity contribution is 7.14. The summed E-state index contributed by atoms with van der Waals surface area (Å²) in [5.74, 6) is -0.415. The monoisotopic (exact) mass is 384 g/mol. The molecular weight excluding hydrogens is 364 g/mol. The number of nitrogens with zero attached hydrogens (tertiary/aromatic N) is 3. The van der Waals surface area contributed by atoms with Crippen molar-refractivity contribution >= 4 is 22.4 Å². The molecular formula is C19H20N4O3S. The molecule has 27 heavy (non-hydrogen) atoms. The summed E-state index contributed by atoms with van der Waals surface area (Å²) in [6.07, 6.45) is 0. The van der Waals surface area contributed by atoms with Crippen molar-refractivity contribution in [2.75, 3.05) is 19.0 Å². The lowest BCUT2D eigenvalue weighted by atomic mass is 10.1. The van der Waals surface area contributed by atoms with Crippen molar-refractivity contribution in [3.63, 3.8) is 0 Å². The first-order chi connectivity index (χ1) is 13.0. The minimum Gasteiger partial charge on any atom is -0.383 e. The summed E-state index contributed by atoms with van der Waals surface area (Å²) < 4.78 is 6.16. The predicted octanol–water partition coefficient (Wildman–Crippen LogP) is 2.88. The van der Waals surface area contributed by atoms with E-state index in [0.29, 0.717) is 11.7 Å². The number of methoxy groups -OCH3 is 1. The van der Waals surface area contributed by atoms with Crippen LogP contribution in [0.1, 0.15) is 21.6 Å². The van der Waals surface area contributed by atoms with Crippen LogP contribution in [0.25, 0.3) is 11.3 Å². The van der Waals surface area contributed by atoms with Crippen LogP contribution in [-0.2, 0) is 11.3 Å². The number of hydrogen-bond donors (Lipinski definition) is 1. The van der Waals surface area contributed by atoms with E-state index in [1.165, 1.54) is 46.4 Å². The Balaban J connectivity index is 1.76. The van der Waals surface area contributed by atoms with Crippen LogP contribution < -0.4 is 10.9 Å². The smallest absolute Gasteiger partial charge is 0.277 e. The molecule has 0 aliphatic heterocycles. The van der Waals surface area contributed by atoms with Gasteiger partial charge in [-0.25, -0.2) is 9.67 Å². The number of aryl methyl sites for hydroxylation is 2. The fraction of sp³-hybridized carbons (Fsp3) is 0.263. The number of ether oxygens (including phenoxy) is 1. The molecule has 0 atom stereocenters. The van der Waals surface area contributed by atoms with Gasteiger partial charge in [0.1, 0.15) is 5.69 Å². The maximum absolute atomic E-state index is 12.4. The number of anilines is 1. The molecule has 8 heteroatoms. The zero-order valence-electron chi connectivity index (χ0n) is 15.4. The highest BCUT2D eigenvalue weighted by atomic mass is 32.1. The van der Waals surface area contributed by atoms with Gasteiger partial charge in [-0.05, 0) is 37.1 Å². The van der Waals surface area contributed by atoms with Crippen LogP contribution in [0.4, 0.5) is 5.13 Å². The summed E-state index contributed by atoms with van der Waals surface area (Å²) in [7, 11) is 1.54. The molecule has 0 radical (unpaired) electrons. The van der Waals surface area contributed by atoms with Crippen molar-refractivity contribution in [2.45, 2.75) is 20.4 Å².